The quantitative estimate of drug-likeness (QED) is 0.850. The Balaban J connectivity index is 1.50. The van der Waals surface area contributed by atoms with Crippen LogP contribution in [0.2, 0.25) is 4.47 Å². The van der Waals surface area contributed by atoms with Crippen LogP contribution in [0.1, 0.15) is 4.88 Å². The molecular weight excluding hydrogens is 350 g/mol. The minimum Gasteiger partial charge on any atom is -0.484 e. The molecule has 1 aliphatic rings. The van der Waals surface area contributed by atoms with Crippen molar-refractivity contribution in [2.45, 2.75) is 6.54 Å². The van der Waals surface area contributed by atoms with Crippen LogP contribution in [0, 0.1) is 0 Å². The van der Waals surface area contributed by atoms with E-state index in [1.165, 1.54) is 11.3 Å². The molecule has 1 fully saturated rings. The Bertz CT molecular complexity index is 689. The van der Waals surface area contributed by atoms with Crippen LogP contribution in [-0.2, 0) is 16.1 Å². The molecule has 1 N–H and O–H groups in total. The molecule has 0 bridgehead atoms. The van der Waals surface area contributed by atoms with Gasteiger partial charge in [0.2, 0.25) is 0 Å². The van der Waals surface area contributed by atoms with E-state index in [0.717, 1.165) is 10.6 Å². The molecule has 0 spiro atoms. The zero-order chi connectivity index (χ0) is 16.8. The number of morpholine rings is 1. The van der Waals surface area contributed by atoms with Gasteiger partial charge in [-0.05, 0) is 12.1 Å². The number of carbonyl (C=O) groups is 1. The number of anilines is 1. The molecule has 2 heterocycles. The van der Waals surface area contributed by atoms with Crippen molar-refractivity contribution in [3.8, 4) is 5.75 Å². The van der Waals surface area contributed by atoms with Crippen molar-refractivity contribution in [2.24, 2.45) is 0 Å². The second kappa shape index (κ2) is 8.32. The number of nitrogens with zero attached hydrogens (tertiary/aromatic N) is 2. The van der Waals surface area contributed by atoms with E-state index in [-0.39, 0.29) is 12.5 Å². The molecule has 1 aliphatic heterocycles. The minimum atomic E-state index is -0.0176. The largest absolute Gasteiger partial charge is 0.484 e. The Morgan fingerprint density at radius 2 is 2.25 bits per heavy atom. The van der Waals surface area contributed by atoms with Crippen molar-refractivity contribution in [1.82, 2.24) is 9.88 Å². The molecule has 1 aromatic heterocycles. The van der Waals surface area contributed by atoms with Crippen LogP contribution < -0.4 is 10.1 Å². The average Bonchev–Trinajstić information content (AvgIpc) is 3.04. The minimum absolute atomic E-state index is 0.0176. The zero-order valence-electron chi connectivity index (χ0n) is 13.0. The van der Waals surface area contributed by atoms with Crippen LogP contribution >= 0.6 is 22.9 Å². The highest BCUT2D eigenvalue weighted by atomic mass is 35.5. The highest BCUT2D eigenvalue weighted by molar-refractivity contribution is 7.15. The zero-order valence-corrected chi connectivity index (χ0v) is 14.6. The number of amides is 1. The van der Waals surface area contributed by atoms with Crippen LogP contribution in [0.4, 0.5) is 5.69 Å². The Morgan fingerprint density at radius 3 is 3.00 bits per heavy atom. The third-order valence-electron chi connectivity index (χ3n) is 3.55. The first-order valence-electron chi connectivity index (χ1n) is 7.63. The van der Waals surface area contributed by atoms with Gasteiger partial charge in [-0.25, -0.2) is 4.98 Å². The lowest BCUT2D eigenvalue weighted by molar-refractivity contribution is -0.137. The summed E-state index contributed by atoms with van der Waals surface area (Å²) < 4.78 is 11.4. The van der Waals surface area contributed by atoms with Gasteiger partial charge in [0.1, 0.15) is 5.75 Å². The monoisotopic (exact) mass is 367 g/mol. The maximum absolute atomic E-state index is 12.1. The third-order valence-corrected chi connectivity index (χ3v) is 4.67. The molecule has 0 atom stereocenters. The summed E-state index contributed by atoms with van der Waals surface area (Å²) in [5, 5.41) is 3.29. The molecule has 128 valence electrons. The number of hydrogen-bond acceptors (Lipinski definition) is 6. The molecule has 0 radical (unpaired) electrons. The van der Waals surface area contributed by atoms with Crippen molar-refractivity contribution in [3.63, 3.8) is 0 Å². The van der Waals surface area contributed by atoms with Crippen LogP contribution in [0.5, 0.6) is 5.75 Å². The number of carbonyl (C=O) groups excluding carboxylic acids is 1. The van der Waals surface area contributed by atoms with E-state index in [4.69, 9.17) is 21.1 Å². The first-order chi connectivity index (χ1) is 11.7. The molecule has 3 rings (SSSR count). The van der Waals surface area contributed by atoms with E-state index >= 15 is 0 Å². The molecule has 0 aliphatic carbocycles. The smallest absolute Gasteiger partial charge is 0.260 e. The number of ether oxygens (including phenoxy) is 2. The first-order valence-corrected chi connectivity index (χ1v) is 8.82. The van der Waals surface area contributed by atoms with Gasteiger partial charge < -0.3 is 19.7 Å². The SMILES string of the molecule is O=C(COc1cccc(NCc2cnc(Cl)s2)c1)N1CCOCC1. The van der Waals surface area contributed by atoms with Gasteiger partial charge in [-0.1, -0.05) is 17.7 Å². The van der Waals surface area contributed by atoms with Gasteiger partial charge in [0.05, 0.1) is 19.8 Å². The molecule has 2 aromatic rings. The Kier molecular flexibility index (Phi) is 5.90. The summed E-state index contributed by atoms with van der Waals surface area (Å²) >= 11 is 7.26. The topological polar surface area (TPSA) is 63.7 Å². The third kappa shape index (κ3) is 4.83. The maximum Gasteiger partial charge on any atom is 0.260 e. The van der Waals surface area contributed by atoms with Gasteiger partial charge in [0, 0.05) is 35.9 Å². The fourth-order valence-corrected chi connectivity index (χ4v) is 3.22. The summed E-state index contributed by atoms with van der Waals surface area (Å²) in [6.45, 7) is 3.11. The van der Waals surface area contributed by atoms with E-state index < -0.39 is 0 Å². The van der Waals surface area contributed by atoms with Crippen molar-refractivity contribution in [3.05, 3.63) is 39.8 Å². The first kappa shape index (κ1) is 17.0. The molecule has 1 saturated heterocycles. The number of rotatable bonds is 6. The normalized spacial score (nSPS) is 14.5. The summed E-state index contributed by atoms with van der Waals surface area (Å²) in [6.07, 6.45) is 1.75. The number of benzene rings is 1. The lowest BCUT2D eigenvalue weighted by Crippen LogP contribution is -2.42. The molecule has 6 nitrogen and oxygen atoms in total. The molecule has 1 aromatic carbocycles. The van der Waals surface area contributed by atoms with Gasteiger partial charge in [-0.15, -0.1) is 11.3 Å². The molecular formula is C16H18ClN3O3S. The van der Waals surface area contributed by atoms with Crippen molar-refractivity contribution in [1.29, 1.82) is 0 Å². The van der Waals surface area contributed by atoms with Crippen LogP contribution in [0.25, 0.3) is 0 Å². The molecule has 0 saturated carbocycles. The number of hydrogen-bond donors (Lipinski definition) is 1. The van der Waals surface area contributed by atoms with Crippen molar-refractivity contribution >= 4 is 34.5 Å². The van der Waals surface area contributed by atoms with E-state index in [0.29, 0.717) is 43.1 Å². The average molecular weight is 368 g/mol. The van der Waals surface area contributed by atoms with E-state index in [1.807, 2.05) is 24.3 Å². The second-order valence-electron chi connectivity index (χ2n) is 5.24. The van der Waals surface area contributed by atoms with Gasteiger partial charge in [0.25, 0.3) is 5.91 Å². The standard InChI is InChI=1S/C16H18ClN3O3S/c17-16-19-10-14(24-16)9-18-12-2-1-3-13(8-12)23-11-15(21)20-4-6-22-7-5-20/h1-3,8,10,18H,4-7,9,11H2. The second-order valence-corrected chi connectivity index (χ2v) is 6.94. The fourth-order valence-electron chi connectivity index (χ4n) is 2.30. The summed E-state index contributed by atoms with van der Waals surface area (Å²) in [5.74, 6) is 0.639. The molecule has 8 heteroatoms. The summed E-state index contributed by atoms with van der Waals surface area (Å²) in [7, 11) is 0. The van der Waals surface area contributed by atoms with E-state index in [1.54, 1.807) is 11.1 Å². The number of thiazole rings is 1. The highest BCUT2D eigenvalue weighted by Gasteiger charge is 2.17. The highest BCUT2D eigenvalue weighted by Crippen LogP contribution is 2.21. The van der Waals surface area contributed by atoms with Gasteiger partial charge in [-0.2, -0.15) is 0 Å². The van der Waals surface area contributed by atoms with Crippen molar-refractivity contribution < 1.29 is 14.3 Å². The molecule has 24 heavy (non-hydrogen) atoms. The number of nitrogens with one attached hydrogen (secondary N) is 1. The van der Waals surface area contributed by atoms with Crippen molar-refractivity contribution in [2.75, 3.05) is 38.2 Å². The van der Waals surface area contributed by atoms with E-state index in [2.05, 4.69) is 10.3 Å². The van der Waals surface area contributed by atoms with Crippen LogP contribution in [-0.4, -0.2) is 48.7 Å². The predicted molar refractivity (Wildman–Crippen MR) is 93.8 cm³/mol. The summed E-state index contributed by atoms with van der Waals surface area (Å²) in [6, 6.07) is 7.53. The number of halogens is 1. The fraction of sp³-hybridized carbons (Fsp3) is 0.375. The summed E-state index contributed by atoms with van der Waals surface area (Å²) in [4.78, 5) is 18.9. The summed E-state index contributed by atoms with van der Waals surface area (Å²) in [5.41, 5.74) is 0.913. The van der Waals surface area contributed by atoms with Gasteiger partial charge in [0.15, 0.2) is 11.1 Å². The molecule has 0 unspecified atom stereocenters. The van der Waals surface area contributed by atoms with Crippen LogP contribution in [0.15, 0.2) is 30.5 Å². The lowest BCUT2D eigenvalue weighted by Gasteiger charge is -2.26. The van der Waals surface area contributed by atoms with E-state index in [9.17, 15) is 4.79 Å². The Morgan fingerprint density at radius 1 is 1.42 bits per heavy atom. The maximum atomic E-state index is 12.1. The Hall–Kier alpha value is -1.83. The predicted octanol–water partition coefficient (Wildman–Crippen LogP) is 2.65. The van der Waals surface area contributed by atoms with Crippen LogP contribution in [0.3, 0.4) is 0 Å². The number of aromatic nitrogens is 1. The van der Waals surface area contributed by atoms with Gasteiger partial charge in [-0.3, -0.25) is 4.79 Å². The molecule has 1 amide bonds. The Labute approximate surface area is 149 Å². The van der Waals surface area contributed by atoms with Gasteiger partial charge >= 0.3 is 0 Å². The lowest BCUT2D eigenvalue weighted by atomic mass is 10.3.